The molecule has 1 nitrogen and oxygen atoms in total. The summed E-state index contributed by atoms with van der Waals surface area (Å²) >= 11 is 0. The Balaban J connectivity index is 1.88. The highest BCUT2D eigenvalue weighted by atomic mass is 14.9. The number of nitrogens with one attached hydrogen (secondary N) is 1. The van der Waals surface area contributed by atoms with Gasteiger partial charge in [-0.05, 0) is 18.1 Å². The van der Waals surface area contributed by atoms with Crippen LogP contribution in [0.1, 0.15) is 57.9 Å². The van der Waals surface area contributed by atoms with Gasteiger partial charge in [0.15, 0.2) is 0 Å². The third-order valence-corrected chi connectivity index (χ3v) is 4.08. The Morgan fingerprint density at radius 3 is 2.71 bits per heavy atom. The largest absolute Gasteiger partial charge is 0.384 e. The van der Waals surface area contributed by atoms with E-state index in [1.807, 2.05) is 0 Å². The second-order valence-corrected chi connectivity index (χ2v) is 5.62. The van der Waals surface area contributed by atoms with Crippen LogP contribution < -0.4 is 5.32 Å². The number of para-hydroxylation sites is 1. The lowest BCUT2D eigenvalue weighted by atomic mass is 9.80. The number of unbranched alkanes of at least 4 members (excludes halogenated alkanes) is 4. The Labute approximate surface area is 106 Å². The summed E-state index contributed by atoms with van der Waals surface area (Å²) in [5.41, 5.74) is 3.24. The summed E-state index contributed by atoms with van der Waals surface area (Å²) in [6.45, 7) is 5.80. The van der Waals surface area contributed by atoms with E-state index >= 15 is 0 Å². The molecule has 2 rings (SSSR count). The van der Waals surface area contributed by atoms with Crippen molar-refractivity contribution in [3.63, 3.8) is 0 Å². The normalized spacial score (nSPS) is 22.2. The molecule has 0 saturated carbocycles. The zero-order valence-electron chi connectivity index (χ0n) is 11.3. The maximum absolute atomic E-state index is 3.54. The lowest BCUT2D eigenvalue weighted by Crippen LogP contribution is -2.24. The van der Waals surface area contributed by atoms with E-state index in [1.54, 1.807) is 0 Å². The number of anilines is 1. The van der Waals surface area contributed by atoms with Crippen LogP contribution in [0.4, 0.5) is 5.69 Å². The fourth-order valence-corrected chi connectivity index (χ4v) is 2.89. The summed E-state index contributed by atoms with van der Waals surface area (Å²) in [5.74, 6) is 0. The lowest BCUT2D eigenvalue weighted by Gasteiger charge is -2.24. The zero-order chi connectivity index (χ0) is 12.1. The molecule has 1 atom stereocenters. The Bertz CT molecular complexity index is 358. The van der Waals surface area contributed by atoms with Crippen molar-refractivity contribution in [1.29, 1.82) is 0 Å². The van der Waals surface area contributed by atoms with Gasteiger partial charge in [-0.2, -0.15) is 0 Å². The third-order valence-electron chi connectivity index (χ3n) is 4.08. The van der Waals surface area contributed by atoms with Gasteiger partial charge in [0.2, 0.25) is 0 Å². The minimum Gasteiger partial charge on any atom is -0.384 e. The summed E-state index contributed by atoms with van der Waals surface area (Å²) in [6.07, 6.45) is 8.22. The summed E-state index contributed by atoms with van der Waals surface area (Å²) in [4.78, 5) is 0. The first-order valence-electron chi connectivity index (χ1n) is 7.10. The van der Waals surface area contributed by atoms with Crippen LogP contribution >= 0.6 is 0 Å². The minimum absolute atomic E-state index is 0.364. The Morgan fingerprint density at radius 1 is 1.12 bits per heavy atom. The molecule has 94 valence electrons. The summed E-state index contributed by atoms with van der Waals surface area (Å²) in [5, 5.41) is 3.54. The molecule has 1 unspecified atom stereocenters. The van der Waals surface area contributed by atoms with Crippen molar-refractivity contribution < 1.29 is 0 Å². The first kappa shape index (κ1) is 12.5. The second kappa shape index (κ2) is 5.57. The van der Waals surface area contributed by atoms with Crippen LogP contribution in [-0.4, -0.2) is 6.54 Å². The van der Waals surface area contributed by atoms with E-state index in [9.17, 15) is 0 Å². The van der Waals surface area contributed by atoms with Gasteiger partial charge >= 0.3 is 0 Å². The van der Waals surface area contributed by atoms with Gasteiger partial charge in [-0.3, -0.25) is 0 Å². The highest BCUT2D eigenvalue weighted by Gasteiger charge is 2.33. The predicted octanol–water partition coefficient (Wildman–Crippen LogP) is 4.73. The van der Waals surface area contributed by atoms with E-state index in [2.05, 4.69) is 43.4 Å². The predicted molar refractivity (Wildman–Crippen MR) is 75.7 cm³/mol. The summed E-state index contributed by atoms with van der Waals surface area (Å²) in [6, 6.07) is 8.79. The number of fused-ring (bicyclic) bond motifs is 1. The maximum atomic E-state index is 3.54. The van der Waals surface area contributed by atoms with Gasteiger partial charge in [-0.15, -0.1) is 0 Å². The maximum Gasteiger partial charge on any atom is 0.0379 e. The van der Waals surface area contributed by atoms with Gasteiger partial charge in [-0.25, -0.2) is 0 Å². The molecule has 0 saturated heterocycles. The molecule has 0 aromatic heterocycles. The molecule has 1 aliphatic rings. The molecule has 1 heterocycles. The topological polar surface area (TPSA) is 12.0 Å². The van der Waals surface area contributed by atoms with Gasteiger partial charge in [0.05, 0.1) is 0 Å². The molecular formula is C16H25N. The number of benzene rings is 1. The molecule has 1 heteroatoms. The number of hydrogen-bond donors (Lipinski definition) is 1. The molecule has 0 bridgehead atoms. The van der Waals surface area contributed by atoms with E-state index in [1.165, 1.54) is 49.8 Å². The van der Waals surface area contributed by atoms with Crippen LogP contribution in [0, 0.1) is 0 Å². The Morgan fingerprint density at radius 2 is 1.88 bits per heavy atom. The number of rotatable bonds is 6. The van der Waals surface area contributed by atoms with E-state index < -0.39 is 0 Å². The monoisotopic (exact) mass is 231 g/mol. The van der Waals surface area contributed by atoms with E-state index in [-0.39, 0.29) is 0 Å². The standard InChI is InChI=1S/C16H25N/c1-3-4-5-6-9-12-16(2)13-17-15-11-8-7-10-14(15)16/h7-8,10-11,17H,3-6,9,12-13H2,1-2H3. The van der Waals surface area contributed by atoms with Crippen LogP contribution in [0.5, 0.6) is 0 Å². The molecule has 0 fully saturated rings. The van der Waals surface area contributed by atoms with E-state index in [4.69, 9.17) is 0 Å². The highest BCUT2D eigenvalue weighted by Crippen LogP contribution is 2.39. The van der Waals surface area contributed by atoms with Crippen LogP contribution in [-0.2, 0) is 5.41 Å². The summed E-state index contributed by atoms with van der Waals surface area (Å²) < 4.78 is 0. The average molecular weight is 231 g/mol. The molecule has 1 aromatic carbocycles. The molecule has 0 aliphatic carbocycles. The molecule has 1 aromatic rings. The summed E-state index contributed by atoms with van der Waals surface area (Å²) in [7, 11) is 0. The second-order valence-electron chi connectivity index (χ2n) is 5.62. The van der Waals surface area contributed by atoms with Crippen molar-refractivity contribution in [1.82, 2.24) is 0 Å². The molecule has 1 N–H and O–H groups in total. The molecular weight excluding hydrogens is 206 g/mol. The lowest BCUT2D eigenvalue weighted by molar-refractivity contribution is 0.443. The van der Waals surface area contributed by atoms with Crippen LogP contribution in [0.2, 0.25) is 0 Å². The highest BCUT2D eigenvalue weighted by molar-refractivity contribution is 5.59. The van der Waals surface area contributed by atoms with Crippen molar-refractivity contribution >= 4 is 5.69 Å². The first-order chi connectivity index (χ1) is 8.26. The van der Waals surface area contributed by atoms with Crippen molar-refractivity contribution in [2.75, 3.05) is 11.9 Å². The quantitative estimate of drug-likeness (QED) is 0.698. The molecule has 0 spiro atoms. The van der Waals surface area contributed by atoms with Gasteiger partial charge in [-0.1, -0.05) is 64.2 Å². The minimum atomic E-state index is 0.364. The Hall–Kier alpha value is -0.980. The van der Waals surface area contributed by atoms with Crippen LogP contribution in [0.25, 0.3) is 0 Å². The first-order valence-corrected chi connectivity index (χ1v) is 7.10. The third kappa shape index (κ3) is 2.83. The van der Waals surface area contributed by atoms with Crippen LogP contribution in [0.3, 0.4) is 0 Å². The number of hydrogen-bond acceptors (Lipinski definition) is 1. The SMILES string of the molecule is CCCCCCCC1(C)CNc2ccccc21. The van der Waals surface area contributed by atoms with Gasteiger partial charge in [0, 0.05) is 17.6 Å². The fourth-order valence-electron chi connectivity index (χ4n) is 2.89. The molecule has 0 radical (unpaired) electrons. The van der Waals surface area contributed by atoms with Gasteiger partial charge in [0.1, 0.15) is 0 Å². The van der Waals surface area contributed by atoms with Crippen molar-refractivity contribution in [2.24, 2.45) is 0 Å². The van der Waals surface area contributed by atoms with Crippen molar-refractivity contribution in [3.8, 4) is 0 Å². The van der Waals surface area contributed by atoms with Crippen LogP contribution in [0.15, 0.2) is 24.3 Å². The van der Waals surface area contributed by atoms with Crippen molar-refractivity contribution in [2.45, 2.75) is 57.8 Å². The van der Waals surface area contributed by atoms with Crippen molar-refractivity contribution in [3.05, 3.63) is 29.8 Å². The van der Waals surface area contributed by atoms with E-state index in [0.29, 0.717) is 5.41 Å². The zero-order valence-corrected chi connectivity index (χ0v) is 11.3. The molecule has 17 heavy (non-hydrogen) atoms. The fraction of sp³-hybridized carbons (Fsp3) is 0.625. The van der Waals surface area contributed by atoms with Gasteiger partial charge in [0.25, 0.3) is 0 Å². The molecule has 1 aliphatic heterocycles. The molecule has 0 amide bonds. The van der Waals surface area contributed by atoms with E-state index in [0.717, 1.165) is 6.54 Å². The van der Waals surface area contributed by atoms with Gasteiger partial charge < -0.3 is 5.32 Å². The average Bonchev–Trinajstić information content (AvgIpc) is 2.68. The smallest absolute Gasteiger partial charge is 0.0379 e. The Kier molecular flexibility index (Phi) is 4.09.